The van der Waals surface area contributed by atoms with Gasteiger partial charge in [0, 0.05) is 37.0 Å². The first kappa shape index (κ1) is 19.6. The molecule has 0 spiro atoms. The van der Waals surface area contributed by atoms with Crippen LogP contribution in [-0.4, -0.2) is 41.0 Å². The van der Waals surface area contributed by atoms with Crippen LogP contribution in [0.3, 0.4) is 0 Å². The van der Waals surface area contributed by atoms with Crippen LogP contribution in [0.25, 0.3) is 0 Å². The maximum atomic E-state index is 12.9. The Labute approximate surface area is 162 Å². The van der Waals surface area contributed by atoms with E-state index in [1.165, 1.54) is 13.2 Å². The first-order valence-electron chi connectivity index (χ1n) is 8.77. The molecule has 9 nitrogen and oxygen atoms in total. The van der Waals surface area contributed by atoms with E-state index < -0.39 is 16.8 Å². The van der Waals surface area contributed by atoms with E-state index in [1.807, 2.05) is 6.92 Å². The van der Waals surface area contributed by atoms with Gasteiger partial charge in [-0.1, -0.05) is 18.2 Å². The molecule has 0 saturated carbocycles. The van der Waals surface area contributed by atoms with Crippen molar-refractivity contribution in [1.82, 2.24) is 9.78 Å². The largest absolute Gasteiger partial charge is 0.460 e. The number of fused-ring (bicyclic) bond motifs is 1. The van der Waals surface area contributed by atoms with Crippen molar-refractivity contribution < 1.29 is 19.2 Å². The third kappa shape index (κ3) is 3.36. The van der Waals surface area contributed by atoms with Crippen LogP contribution < -0.4 is 5.32 Å². The Balaban J connectivity index is 2.19. The normalized spacial score (nSPS) is 15.8. The fourth-order valence-electron chi connectivity index (χ4n) is 3.55. The number of nitro benzene ring substituents is 1. The standard InChI is InChI=1S/C19H22N4O5/c1-11-16(19(24)28-10-9-27-4)17(13-7-5-6-8-14(13)23(25)26)15-12(2)21-22(3)18(15)20-11/h5-8,17,20H,9-10H2,1-4H3. The van der Waals surface area contributed by atoms with Crippen molar-refractivity contribution in [3.8, 4) is 0 Å². The Morgan fingerprint density at radius 2 is 2.04 bits per heavy atom. The zero-order valence-electron chi connectivity index (χ0n) is 16.2. The average molecular weight is 386 g/mol. The summed E-state index contributed by atoms with van der Waals surface area (Å²) in [6.45, 7) is 3.92. The molecule has 0 bridgehead atoms. The topological polar surface area (TPSA) is 109 Å². The second kappa shape index (κ2) is 7.81. The molecule has 28 heavy (non-hydrogen) atoms. The van der Waals surface area contributed by atoms with Gasteiger partial charge >= 0.3 is 5.97 Å². The van der Waals surface area contributed by atoms with Crippen molar-refractivity contribution in [2.24, 2.45) is 7.05 Å². The van der Waals surface area contributed by atoms with Gasteiger partial charge in [-0.15, -0.1) is 0 Å². The maximum absolute atomic E-state index is 12.9. The number of aryl methyl sites for hydroxylation is 2. The Bertz CT molecular complexity index is 963. The van der Waals surface area contributed by atoms with Gasteiger partial charge in [-0.05, 0) is 13.8 Å². The van der Waals surface area contributed by atoms with Crippen molar-refractivity contribution in [3.63, 3.8) is 0 Å². The number of rotatable bonds is 6. The molecule has 148 valence electrons. The summed E-state index contributed by atoms with van der Waals surface area (Å²) in [5, 5.41) is 19.3. The summed E-state index contributed by atoms with van der Waals surface area (Å²) in [7, 11) is 3.30. The minimum absolute atomic E-state index is 0.0569. The highest BCUT2D eigenvalue weighted by Gasteiger charge is 2.39. The molecule has 0 radical (unpaired) electrons. The molecule has 0 saturated heterocycles. The molecule has 3 rings (SSSR count). The highest BCUT2D eigenvalue weighted by molar-refractivity contribution is 5.95. The molecule has 0 aliphatic carbocycles. The third-order valence-electron chi connectivity index (χ3n) is 4.74. The Hall–Kier alpha value is -3.20. The molecule has 2 heterocycles. The minimum Gasteiger partial charge on any atom is -0.460 e. The van der Waals surface area contributed by atoms with Crippen molar-refractivity contribution in [3.05, 3.63) is 62.5 Å². The first-order valence-corrected chi connectivity index (χ1v) is 8.77. The molecule has 1 atom stereocenters. The molecule has 1 aliphatic heterocycles. The number of allylic oxidation sites excluding steroid dienone is 1. The van der Waals surface area contributed by atoms with Crippen LogP contribution >= 0.6 is 0 Å². The van der Waals surface area contributed by atoms with Gasteiger partial charge in [-0.2, -0.15) is 5.10 Å². The summed E-state index contributed by atoms with van der Waals surface area (Å²) in [6.07, 6.45) is 0. The number of methoxy groups -OCH3 is 1. The van der Waals surface area contributed by atoms with E-state index in [9.17, 15) is 14.9 Å². The van der Waals surface area contributed by atoms with E-state index >= 15 is 0 Å². The van der Waals surface area contributed by atoms with Gasteiger partial charge in [-0.3, -0.25) is 14.8 Å². The van der Waals surface area contributed by atoms with Crippen molar-refractivity contribution in [1.29, 1.82) is 0 Å². The lowest BCUT2D eigenvalue weighted by Crippen LogP contribution is -2.26. The fourth-order valence-corrected chi connectivity index (χ4v) is 3.55. The van der Waals surface area contributed by atoms with Crippen LogP contribution in [0.5, 0.6) is 0 Å². The number of esters is 1. The van der Waals surface area contributed by atoms with Crippen LogP contribution in [0.2, 0.25) is 0 Å². The lowest BCUT2D eigenvalue weighted by molar-refractivity contribution is -0.385. The number of benzene rings is 1. The molecular weight excluding hydrogens is 364 g/mol. The Kier molecular flexibility index (Phi) is 5.46. The van der Waals surface area contributed by atoms with Crippen LogP contribution in [-0.2, 0) is 21.3 Å². The lowest BCUT2D eigenvalue weighted by atomic mass is 9.81. The number of carbonyl (C=O) groups excluding carboxylic acids is 1. The summed E-state index contributed by atoms with van der Waals surface area (Å²) in [6, 6.07) is 6.43. The predicted molar refractivity (Wildman–Crippen MR) is 102 cm³/mol. The number of ether oxygens (including phenoxy) is 2. The molecule has 1 aromatic heterocycles. The van der Waals surface area contributed by atoms with Crippen LogP contribution in [0.1, 0.15) is 29.7 Å². The number of para-hydroxylation sites is 1. The van der Waals surface area contributed by atoms with E-state index in [0.717, 1.165) is 5.56 Å². The van der Waals surface area contributed by atoms with Gasteiger partial charge in [0.15, 0.2) is 0 Å². The molecule has 0 amide bonds. The number of carbonyl (C=O) groups is 1. The van der Waals surface area contributed by atoms with Gasteiger partial charge in [0.25, 0.3) is 5.69 Å². The van der Waals surface area contributed by atoms with Gasteiger partial charge < -0.3 is 14.8 Å². The number of nitrogens with one attached hydrogen (secondary N) is 1. The number of nitro groups is 1. The van der Waals surface area contributed by atoms with Crippen LogP contribution in [0.15, 0.2) is 35.5 Å². The van der Waals surface area contributed by atoms with Crippen LogP contribution in [0, 0.1) is 17.0 Å². The number of hydrogen-bond acceptors (Lipinski definition) is 7. The fraction of sp³-hybridized carbons (Fsp3) is 0.368. The third-order valence-corrected chi connectivity index (χ3v) is 4.74. The molecule has 1 unspecified atom stereocenters. The van der Waals surface area contributed by atoms with Gasteiger partial charge in [0.05, 0.1) is 28.7 Å². The molecule has 1 N–H and O–H groups in total. The average Bonchev–Trinajstić information content (AvgIpc) is 2.94. The monoisotopic (exact) mass is 386 g/mol. The van der Waals surface area contributed by atoms with Crippen molar-refractivity contribution in [2.45, 2.75) is 19.8 Å². The molecule has 1 aromatic carbocycles. The number of hydrogen-bond donors (Lipinski definition) is 1. The number of anilines is 1. The van der Waals surface area contributed by atoms with E-state index in [2.05, 4.69) is 10.4 Å². The van der Waals surface area contributed by atoms with E-state index in [4.69, 9.17) is 9.47 Å². The minimum atomic E-state index is -0.665. The quantitative estimate of drug-likeness (QED) is 0.352. The SMILES string of the molecule is COCCOC(=O)C1=C(C)Nc2c(c(C)nn2C)C1c1ccccc1[N+](=O)[O-]. The summed E-state index contributed by atoms with van der Waals surface area (Å²) < 4.78 is 12.0. The molecule has 9 heteroatoms. The summed E-state index contributed by atoms with van der Waals surface area (Å²) in [4.78, 5) is 24.1. The second-order valence-electron chi connectivity index (χ2n) is 6.51. The number of nitrogens with zero attached hydrogens (tertiary/aromatic N) is 3. The number of aromatic nitrogens is 2. The summed E-state index contributed by atoms with van der Waals surface area (Å²) >= 11 is 0. The van der Waals surface area contributed by atoms with E-state index in [1.54, 1.807) is 36.9 Å². The molecule has 1 aliphatic rings. The lowest BCUT2D eigenvalue weighted by Gasteiger charge is -2.28. The summed E-state index contributed by atoms with van der Waals surface area (Å²) in [5.74, 6) is -0.507. The predicted octanol–water partition coefficient (Wildman–Crippen LogP) is 2.66. The zero-order valence-corrected chi connectivity index (χ0v) is 16.2. The van der Waals surface area contributed by atoms with E-state index in [-0.39, 0.29) is 18.9 Å². The van der Waals surface area contributed by atoms with Crippen LogP contribution in [0.4, 0.5) is 11.5 Å². The van der Waals surface area contributed by atoms with Gasteiger partial charge in [0.1, 0.15) is 12.4 Å². The first-order chi connectivity index (χ1) is 13.4. The highest BCUT2D eigenvalue weighted by atomic mass is 16.6. The van der Waals surface area contributed by atoms with Gasteiger partial charge in [0.2, 0.25) is 0 Å². The maximum Gasteiger partial charge on any atom is 0.336 e. The zero-order chi connectivity index (χ0) is 20.4. The van der Waals surface area contributed by atoms with Crippen molar-refractivity contribution in [2.75, 3.05) is 25.6 Å². The molecular formula is C19H22N4O5. The van der Waals surface area contributed by atoms with Gasteiger partial charge in [-0.25, -0.2) is 4.79 Å². The van der Waals surface area contributed by atoms with Crippen molar-refractivity contribution >= 4 is 17.5 Å². The highest BCUT2D eigenvalue weighted by Crippen LogP contribution is 2.46. The Morgan fingerprint density at radius 1 is 1.32 bits per heavy atom. The summed E-state index contributed by atoms with van der Waals surface area (Å²) in [5.41, 5.74) is 2.67. The smallest absolute Gasteiger partial charge is 0.336 e. The second-order valence-corrected chi connectivity index (χ2v) is 6.51. The molecule has 0 fully saturated rings. The van der Waals surface area contributed by atoms with E-state index in [0.29, 0.717) is 28.3 Å². The molecule has 2 aromatic rings. The Morgan fingerprint density at radius 3 is 2.71 bits per heavy atom.